The van der Waals surface area contributed by atoms with Gasteiger partial charge in [-0.3, -0.25) is 14.5 Å². The number of halogens is 6. The van der Waals surface area contributed by atoms with Crippen LogP contribution in [0, 0.1) is 11.3 Å². The lowest BCUT2D eigenvalue weighted by molar-refractivity contribution is -0.211. The van der Waals surface area contributed by atoms with E-state index in [1.165, 1.54) is 11.7 Å². The minimum absolute atomic E-state index is 0.0124. The molecule has 3 amide bonds. The number of pyridine rings is 1. The number of nitrogens with one attached hydrogen (secondary N) is 3. The summed E-state index contributed by atoms with van der Waals surface area (Å²) in [4.78, 5) is 28.5. The standard InChI is InChI=1S/C26H34ClF5N6O5S/c1-5-38-21(17-13-34-15(10-18(17)43-23(28)29)11-25(2,3)26(30,31)32)19(27)20(36-38)22(39)35-12-14-6-8-16(9-7-14)44(41,42)37-24(40)33-4/h10,13-14,16,23H,5-9,11-12H2,1-4H3,(H,35,39)(H2,33,37,40)/t14-,16-. The third-order valence-corrected chi connectivity index (χ3v) is 9.62. The zero-order valence-corrected chi connectivity index (χ0v) is 26.0. The Hall–Kier alpha value is -3.21. The maximum atomic E-state index is 13.4. The zero-order chi connectivity index (χ0) is 33.0. The zero-order valence-electron chi connectivity index (χ0n) is 24.4. The van der Waals surface area contributed by atoms with Crippen LogP contribution in [0.25, 0.3) is 11.3 Å². The summed E-state index contributed by atoms with van der Waals surface area (Å²) < 4.78 is 99.5. The first-order valence-corrected chi connectivity index (χ1v) is 15.6. The van der Waals surface area contributed by atoms with Gasteiger partial charge in [0.25, 0.3) is 5.91 Å². The van der Waals surface area contributed by atoms with E-state index in [2.05, 4.69) is 25.5 Å². The van der Waals surface area contributed by atoms with Gasteiger partial charge >= 0.3 is 18.8 Å². The lowest BCUT2D eigenvalue weighted by Gasteiger charge is -2.28. The van der Waals surface area contributed by atoms with E-state index in [4.69, 9.17) is 11.6 Å². The van der Waals surface area contributed by atoms with Crippen molar-refractivity contribution in [2.75, 3.05) is 13.6 Å². The van der Waals surface area contributed by atoms with Gasteiger partial charge in [-0.2, -0.15) is 27.1 Å². The Morgan fingerprint density at radius 1 is 1.18 bits per heavy atom. The number of alkyl halides is 5. The number of aryl methyl sites for hydroxylation is 1. The molecule has 1 aliphatic rings. The molecule has 1 saturated carbocycles. The summed E-state index contributed by atoms with van der Waals surface area (Å²) >= 11 is 6.53. The fourth-order valence-corrected chi connectivity index (χ4v) is 6.54. The second-order valence-electron chi connectivity index (χ2n) is 11.0. The number of urea groups is 1. The van der Waals surface area contributed by atoms with Crippen LogP contribution in [-0.4, -0.2) is 66.8 Å². The molecule has 1 fully saturated rings. The van der Waals surface area contributed by atoms with Crippen molar-refractivity contribution in [2.45, 2.75) is 77.5 Å². The van der Waals surface area contributed by atoms with Crippen LogP contribution in [-0.2, 0) is 23.0 Å². The van der Waals surface area contributed by atoms with Gasteiger partial charge in [-0.05, 0) is 38.5 Å². The number of sulfonamides is 1. The molecule has 18 heteroatoms. The largest absolute Gasteiger partial charge is 0.434 e. The van der Waals surface area contributed by atoms with E-state index in [1.807, 2.05) is 4.72 Å². The van der Waals surface area contributed by atoms with Gasteiger partial charge in [0.2, 0.25) is 10.0 Å². The minimum atomic E-state index is -4.58. The first kappa shape index (κ1) is 35.3. The van der Waals surface area contributed by atoms with Crippen molar-refractivity contribution in [3.05, 3.63) is 28.7 Å². The van der Waals surface area contributed by atoms with Crippen molar-refractivity contribution in [2.24, 2.45) is 11.3 Å². The van der Waals surface area contributed by atoms with E-state index in [1.54, 1.807) is 6.92 Å². The summed E-state index contributed by atoms with van der Waals surface area (Å²) in [5.41, 5.74) is -2.65. The first-order chi connectivity index (χ1) is 20.4. The van der Waals surface area contributed by atoms with Crippen molar-refractivity contribution in [3.63, 3.8) is 0 Å². The molecule has 0 unspecified atom stereocenters. The molecule has 1 aliphatic carbocycles. The number of carbonyl (C=O) groups excluding carboxylic acids is 2. The van der Waals surface area contributed by atoms with Gasteiger partial charge in [-0.25, -0.2) is 17.9 Å². The molecule has 3 N–H and O–H groups in total. The van der Waals surface area contributed by atoms with E-state index in [9.17, 15) is 40.0 Å². The normalized spacial score (nSPS) is 17.8. The van der Waals surface area contributed by atoms with Crippen LogP contribution in [0.4, 0.5) is 26.7 Å². The van der Waals surface area contributed by atoms with Gasteiger partial charge in [0.05, 0.1) is 26.9 Å². The van der Waals surface area contributed by atoms with E-state index in [-0.39, 0.29) is 59.5 Å². The Labute approximate surface area is 256 Å². The van der Waals surface area contributed by atoms with Gasteiger partial charge in [-0.15, -0.1) is 0 Å². The molecule has 2 aromatic rings. The highest BCUT2D eigenvalue weighted by molar-refractivity contribution is 7.90. The molecule has 0 atom stereocenters. The van der Waals surface area contributed by atoms with Gasteiger partial charge in [0, 0.05) is 44.5 Å². The lowest BCUT2D eigenvalue weighted by atomic mass is 9.86. The van der Waals surface area contributed by atoms with E-state index in [0.717, 1.165) is 26.1 Å². The van der Waals surface area contributed by atoms with Gasteiger partial charge in [0.1, 0.15) is 5.75 Å². The van der Waals surface area contributed by atoms with Crippen LogP contribution in [0.3, 0.4) is 0 Å². The number of carbonyl (C=O) groups is 2. The average molecular weight is 673 g/mol. The Bertz CT molecular complexity index is 1460. The number of rotatable bonds is 11. The summed E-state index contributed by atoms with van der Waals surface area (Å²) in [5, 5.41) is 8.16. The molecule has 44 heavy (non-hydrogen) atoms. The Morgan fingerprint density at radius 3 is 2.36 bits per heavy atom. The molecule has 3 rings (SSSR count). The van der Waals surface area contributed by atoms with Crippen molar-refractivity contribution >= 4 is 33.6 Å². The molecule has 0 spiro atoms. The number of hydrogen-bond donors (Lipinski definition) is 3. The van der Waals surface area contributed by atoms with Crippen LogP contribution >= 0.6 is 11.6 Å². The first-order valence-electron chi connectivity index (χ1n) is 13.7. The van der Waals surface area contributed by atoms with E-state index < -0.39 is 57.6 Å². The number of amides is 3. The summed E-state index contributed by atoms with van der Waals surface area (Å²) in [5.74, 6) is -1.22. The highest BCUT2D eigenvalue weighted by Crippen LogP contribution is 2.42. The van der Waals surface area contributed by atoms with Gasteiger partial charge in [-0.1, -0.05) is 25.4 Å². The third kappa shape index (κ3) is 8.28. The smallest absolute Gasteiger partial charge is 0.394 e. The van der Waals surface area contributed by atoms with E-state index >= 15 is 0 Å². The maximum Gasteiger partial charge on any atom is 0.394 e. The van der Waals surface area contributed by atoms with Crippen LogP contribution in [0.1, 0.15) is 62.6 Å². The minimum Gasteiger partial charge on any atom is -0.434 e. The SMILES string of the molecule is CCn1nc(C(=O)NC[C@H]2CC[C@H](S(=O)(=O)NC(=O)NC)CC2)c(Cl)c1-c1cnc(CC(C)(C)C(F)(F)F)cc1OC(F)F. The van der Waals surface area contributed by atoms with Crippen molar-refractivity contribution in [3.8, 4) is 17.0 Å². The predicted molar refractivity (Wildman–Crippen MR) is 151 cm³/mol. The second-order valence-corrected chi connectivity index (χ2v) is 13.4. The predicted octanol–water partition coefficient (Wildman–Crippen LogP) is 4.90. The van der Waals surface area contributed by atoms with Crippen molar-refractivity contribution < 1.29 is 44.7 Å². The molecule has 0 aliphatic heterocycles. The molecular weight excluding hydrogens is 639 g/mol. The Balaban J connectivity index is 1.78. The quantitative estimate of drug-likeness (QED) is 0.288. The number of nitrogens with zero attached hydrogens (tertiary/aromatic N) is 3. The molecule has 2 heterocycles. The molecule has 0 radical (unpaired) electrons. The summed E-state index contributed by atoms with van der Waals surface area (Å²) in [6.07, 6.45) is -2.66. The molecule has 0 bridgehead atoms. The monoisotopic (exact) mass is 672 g/mol. The average Bonchev–Trinajstić information content (AvgIpc) is 3.26. The maximum absolute atomic E-state index is 13.4. The molecular formula is C26H34ClF5N6O5S. The van der Waals surface area contributed by atoms with Crippen LogP contribution in [0.2, 0.25) is 5.02 Å². The van der Waals surface area contributed by atoms with Crippen LogP contribution < -0.4 is 20.1 Å². The second kappa shape index (κ2) is 13.8. The number of ether oxygens (including phenoxy) is 1. The number of hydrogen-bond acceptors (Lipinski definition) is 7. The van der Waals surface area contributed by atoms with Crippen LogP contribution in [0.15, 0.2) is 12.3 Å². The molecule has 11 nitrogen and oxygen atoms in total. The third-order valence-electron chi connectivity index (χ3n) is 7.44. The number of aromatic nitrogens is 3. The van der Waals surface area contributed by atoms with Crippen LogP contribution in [0.5, 0.6) is 5.75 Å². The van der Waals surface area contributed by atoms with Crippen molar-refractivity contribution in [1.29, 1.82) is 0 Å². The Kier molecular flexibility index (Phi) is 11.1. The Morgan fingerprint density at radius 2 is 1.82 bits per heavy atom. The topological polar surface area (TPSA) is 144 Å². The van der Waals surface area contributed by atoms with E-state index in [0.29, 0.717) is 12.8 Å². The highest BCUT2D eigenvalue weighted by Gasteiger charge is 2.47. The fraction of sp³-hybridized carbons (Fsp3) is 0.615. The molecule has 246 valence electrons. The molecule has 2 aromatic heterocycles. The molecule has 0 saturated heterocycles. The molecule has 0 aromatic carbocycles. The fourth-order valence-electron chi connectivity index (χ4n) is 4.80. The summed E-state index contributed by atoms with van der Waals surface area (Å²) in [7, 11) is -2.55. The van der Waals surface area contributed by atoms with Crippen molar-refractivity contribution in [1.82, 2.24) is 30.1 Å². The highest BCUT2D eigenvalue weighted by atomic mass is 35.5. The summed E-state index contributed by atoms with van der Waals surface area (Å²) in [6.45, 7) is 0.571. The summed E-state index contributed by atoms with van der Waals surface area (Å²) in [6, 6.07) is 0.158. The van der Waals surface area contributed by atoms with Gasteiger partial charge < -0.3 is 15.4 Å². The van der Waals surface area contributed by atoms with Gasteiger partial charge in [0.15, 0.2) is 5.69 Å². The lowest BCUT2D eigenvalue weighted by Crippen LogP contribution is -2.44.